The molecule has 0 bridgehead atoms. The van der Waals surface area contributed by atoms with Gasteiger partial charge in [0.25, 0.3) is 5.69 Å². The van der Waals surface area contributed by atoms with E-state index < -0.39 is 4.92 Å². The minimum absolute atomic E-state index is 0.0556. The Balaban J connectivity index is 2.09. The molecule has 0 spiro atoms. The lowest BCUT2D eigenvalue weighted by atomic mass is 10.0. The molecule has 0 radical (unpaired) electrons. The van der Waals surface area contributed by atoms with Gasteiger partial charge in [-0.25, -0.2) is 0 Å². The maximum Gasteiger partial charge on any atom is 0.270 e. The zero-order valence-electron chi connectivity index (χ0n) is 15.1. The number of nitro benzene ring substituents is 1. The quantitative estimate of drug-likeness (QED) is 0.284. The summed E-state index contributed by atoms with van der Waals surface area (Å²) in [5.41, 5.74) is 4.35. The first kappa shape index (κ1) is 19.7. The van der Waals surface area contributed by atoms with E-state index >= 15 is 0 Å². The lowest BCUT2D eigenvalue weighted by Gasteiger charge is -2.10. The number of nitrogens with zero attached hydrogens (tertiary/aromatic N) is 3. The van der Waals surface area contributed by atoms with Crippen LogP contribution >= 0.6 is 23.2 Å². The highest BCUT2D eigenvalue weighted by molar-refractivity contribution is 6.42. The average molecular weight is 412 g/mol. The fourth-order valence-corrected chi connectivity index (χ4v) is 3.37. The fourth-order valence-electron chi connectivity index (χ4n) is 3.08. The molecule has 5 nitrogen and oxygen atoms in total. The van der Waals surface area contributed by atoms with Gasteiger partial charge in [-0.2, -0.15) is 5.26 Å². The van der Waals surface area contributed by atoms with Gasteiger partial charge in [0.15, 0.2) is 0 Å². The topological polar surface area (TPSA) is 71.9 Å². The molecule has 2 aromatic carbocycles. The summed E-state index contributed by atoms with van der Waals surface area (Å²) in [6, 6.07) is 15.5. The normalized spacial score (nSPS) is 11.3. The van der Waals surface area contributed by atoms with Gasteiger partial charge in [0.2, 0.25) is 0 Å². The van der Waals surface area contributed by atoms with Crippen molar-refractivity contribution in [3.63, 3.8) is 0 Å². The summed E-state index contributed by atoms with van der Waals surface area (Å²) in [6.45, 7) is 3.88. The van der Waals surface area contributed by atoms with E-state index in [2.05, 4.69) is 6.07 Å². The number of hydrogen-bond acceptors (Lipinski definition) is 3. The molecular weight excluding hydrogens is 397 g/mol. The van der Waals surface area contributed by atoms with Gasteiger partial charge in [0, 0.05) is 29.2 Å². The van der Waals surface area contributed by atoms with Crippen LogP contribution in [0.1, 0.15) is 22.5 Å². The molecular formula is C21H15Cl2N3O2. The molecule has 28 heavy (non-hydrogen) atoms. The van der Waals surface area contributed by atoms with E-state index in [-0.39, 0.29) is 5.69 Å². The largest absolute Gasteiger partial charge is 0.318 e. The molecule has 140 valence electrons. The third-order valence-electron chi connectivity index (χ3n) is 4.42. The molecule has 0 saturated heterocycles. The van der Waals surface area contributed by atoms with Crippen molar-refractivity contribution in [2.75, 3.05) is 0 Å². The summed E-state index contributed by atoms with van der Waals surface area (Å²) < 4.78 is 2.01. The van der Waals surface area contributed by atoms with E-state index in [1.165, 1.54) is 12.1 Å². The average Bonchev–Trinajstić information content (AvgIpc) is 2.95. The Labute approximate surface area is 172 Å². The Kier molecular flexibility index (Phi) is 5.55. The van der Waals surface area contributed by atoms with Crippen molar-refractivity contribution in [3.05, 3.63) is 91.2 Å². The van der Waals surface area contributed by atoms with Crippen molar-refractivity contribution in [1.82, 2.24) is 4.57 Å². The number of allylic oxidation sites excluding steroid dienone is 1. The summed E-state index contributed by atoms with van der Waals surface area (Å²) in [5, 5.41) is 21.5. The number of nitro groups is 1. The molecule has 0 fully saturated rings. The molecule has 0 aliphatic heterocycles. The summed E-state index contributed by atoms with van der Waals surface area (Å²) in [4.78, 5) is 10.5. The van der Waals surface area contributed by atoms with E-state index in [4.69, 9.17) is 23.2 Å². The lowest BCUT2D eigenvalue weighted by molar-refractivity contribution is -0.384. The van der Waals surface area contributed by atoms with Crippen LogP contribution in [-0.4, -0.2) is 9.49 Å². The lowest BCUT2D eigenvalue weighted by Crippen LogP contribution is -1.99. The van der Waals surface area contributed by atoms with E-state index in [1.807, 2.05) is 30.5 Å². The van der Waals surface area contributed by atoms with Crippen LogP contribution in [0.4, 0.5) is 5.69 Å². The van der Waals surface area contributed by atoms with Gasteiger partial charge < -0.3 is 4.57 Å². The van der Waals surface area contributed by atoms with E-state index in [0.717, 1.165) is 22.6 Å². The zero-order valence-corrected chi connectivity index (χ0v) is 16.6. The molecule has 1 heterocycles. The zero-order chi connectivity index (χ0) is 20.4. The molecule has 0 saturated carbocycles. The third-order valence-corrected chi connectivity index (χ3v) is 5.16. The third kappa shape index (κ3) is 3.79. The van der Waals surface area contributed by atoms with Crippen LogP contribution < -0.4 is 0 Å². The van der Waals surface area contributed by atoms with Crippen LogP contribution in [-0.2, 0) is 0 Å². The standard InChI is InChI=1S/C21H15Cl2N3O2/c1-13-8-16(14(2)25(13)18-6-7-20(22)21(23)11-18)9-17(12-24)15-4-3-5-19(10-15)26(27)28/h3-11H,1-2H3. The van der Waals surface area contributed by atoms with Gasteiger partial charge in [-0.05, 0) is 55.3 Å². The van der Waals surface area contributed by atoms with Crippen LogP contribution in [0.15, 0.2) is 48.5 Å². The first-order valence-corrected chi connectivity index (χ1v) is 9.08. The number of aryl methyl sites for hydroxylation is 1. The number of nitriles is 1. The second kappa shape index (κ2) is 7.89. The Bertz CT molecular complexity index is 1160. The van der Waals surface area contributed by atoms with Gasteiger partial charge in [0.1, 0.15) is 0 Å². The summed E-state index contributed by atoms with van der Waals surface area (Å²) in [7, 11) is 0. The van der Waals surface area contributed by atoms with Crippen molar-refractivity contribution in [2.24, 2.45) is 0 Å². The van der Waals surface area contributed by atoms with Crippen LogP contribution in [0.5, 0.6) is 0 Å². The van der Waals surface area contributed by atoms with Crippen LogP contribution in [0, 0.1) is 35.3 Å². The van der Waals surface area contributed by atoms with Crippen LogP contribution in [0.25, 0.3) is 17.3 Å². The van der Waals surface area contributed by atoms with E-state index in [9.17, 15) is 15.4 Å². The van der Waals surface area contributed by atoms with E-state index in [0.29, 0.717) is 21.2 Å². The number of halogens is 2. The monoisotopic (exact) mass is 411 g/mol. The molecule has 1 aromatic heterocycles. The van der Waals surface area contributed by atoms with Crippen molar-refractivity contribution in [1.29, 1.82) is 5.26 Å². The molecule has 3 aromatic rings. The van der Waals surface area contributed by atoms with E-state index in [1.54, 1.807) is 30.3 Å². The van der Waals surface area contributed by atoms with Crippen molar-refractivity contribution in [2.45, 2.75) is 13.8 Å². The summed E-state index contributed by atoms with van der Waals surface area (Å²) >= 11 is 12.2. The molecule has 0 amide bonds. The van der Waals surface area contributed by atoms with Gasteiger partial charge in [-0.1, -0.05) is 35.3 Å². The molecule has 0 unspecified atom stereocenters. The van der Waals surface area contributed by atoms with Gasteiger partial charge in [0.05, 0.1) is 26.6 Å². The van der Waals surface area contributed by atoms with Gasteiger partial charge in [-0.3, -0.25) is 10.1 Å². The Morgan fingerprint density at radius 2 is 1.89 bits per heavy atom. The van der Waals surface area contributed by atoms with Crippen molar-refractivity contribution >= 4 is 40.5 Å². The number of rotatable bonds is 4. The molecule has 7 heteroatoms. The second-order valence-corrected chi connectivity index (χ2v) is 7.05. The highest BCUT2D eigenvalue weighted by atomic mass is 35.5. The number of hydrogen-bond donors (Lipinski definition) is 0. The maximum atomic E-state index is 11.0. The minimum Gasteiger partial charge on any atom is -0.318 e. The predicted octanol–water partition coefficient (Wildman–Crippen LogP) is 6.37. The Hall–Kier alpha value is -3.07. The predicted molar refractivity (Wildman–Crippen MR) is 112 cm³/mol. The Morgan fingerprint density at radius 1 is 1.14 bits per heavy atom. The molecule has 0 N–H and O–H groups in total. The molecule has 0 aliphatic rings. The summed E-state index contributed by atoms with van der Waals surface area (Å²) in [5.74, 6) is 0. The number of aromatic nitrogens is 1. The second-order valence-electron chi connectivity index (χ2n) is 6.24. The first-order valence-electron chi connectivity index (χ1n) is 8.33. The van der Waals surface area contributed by atoms with Crippen molar-refractivity contribution < 1.29 is 4.92 Å². The Morgan fingerprint density at radius 3 is 2.54 bits per heavy atom. The number of non-ortho nitro benzene ring substituents is 1. The minimum atomic E-state index is -0.478. The van der Waals surface area contributed by atoms with Gasteiger partial charge >= 0.3 is 0 Å². The molecule has 0 aliphatic carbocycles. The SMILES string of the molecule is Cc1cc(C=C(C#N)c2cccc([N+](=O)[O-])c2)c(C)n1-c1ccc(Cl)c(Cl)c1. The highest BCUT2D eigenvalue weighted by Crippen LogP contribution is 2.29. The van der Waals surface area contributed by atoms with Crippen LogP contribution in [0.2, 0.25) is 10.0 Å². The van der Waals surface area contributed by atoms with Crippen molar-refractivity contribution in [3.8, 4) is 11.8 Å². The van der Waals surface area contributed by atoms with Gasteiger partial charge in [-0.15, -0.1) is 0 Å². The number of benzene rings is 2. The fraction of sp³-hybridized carbons (Fsp3) is 0.0952. The highest BCUT2D eigenvalue weighted by Gasteiger charge is 2.13. The smallest absolute Gasteiger partial charge is 0.270 e. The summed E-state index contributed by atoms with van der Waals surface area (Å²) in [6.07, 6.45) is 1.73. The molecule has 0 atom stereocenters. The first-order chi connectivity index (χ1) is 13.3. The van der Waals surface area contributed by atoms with Crippen LogP contribution in [0.3, 0.4) is 0 Å². The molecule has 3 rings (SSSR count). The maximum absolute atomic E-state index is 11.0.